The van der Waals surface area contributed by atoms with E-state index in [1.165, 1.54) is 19.3 Å². The Kier molecular flexibility index (Phi) is 5.05. The predicted molar refractivity (Wildman–Crippen MR) is 79.7 cm³/mol. The van der Waals surface area contributed by atoms with Crippen LogP contribution in [0.2, 0.25) is 0 Å². The highest BCUT2D eigenvalue weighted by Crippen LogP contribution is 2.32. The van der Waals surface area contributed by atoms with Gasteiger partial charge in [-0.05, 0) is 44.9 Å². The molecule has 1 aromatic rings. The maximum Gasteiger partial charge on any atom is 0.166 e. The summed E-state index contributed by atoms with van der Waals surface area (Å²) in [6, 6.07) is 5.51. The summed E-state index contributed by atoms with van der Waals surface area (Å²) in [7, 11) is 1.61. The summed E-state index contributed by atoms with van der Waals surface area (Å²) in [5.74, 6) is 1.77. The molecule has 1 aliphatic carbocycles. The third kappa shape index (κ3) is 3.53. The van der Waals surface area contributed by atoms with Crippen LogP contribution in [0.5, 0.6) is 11.5 Å². The molecule has 3 nitrogen and oxygen atoms in total. The second-order valence-electron chi connectivity index (χ2n) is 5.73. The van der Waals surface area contributed by atoms with Crippen LogP contribution in [0.1, 0.15) is 56.3 Å². The molecule has 0 atom stereocenters. The van der Waals surface area contributed by atoms with Gasteiger partial charge in [0, 0.05) is 11.5 Å². The van der Waals surface area contributed by atoms with E-state index in [1.54, 1.807) is 7.11 Å². The molecule has 0 amide bonds. The molecule has 0 saturated heterocycles. The van der Waals surface area contributed by atoms with Crippen LogP contribution in [0.4, 0.5) is 0 Å². The van der Waals surface area contributed by atoms with Crippen molar-refractivity contribution in [3.05, 3.63) is 23.8 Å². The molecule has 0 unspecified atom stereocenters. The molecule has 110 valence electrons. The van der Waals surface area contributed by atoms with E-state index in [4.69, 9.17) is 9.47 Å². The second kappa shape index (κ2) is 6.78. The average Bonchev–Trinajstić information content (AvgIpc) is 2.47. The molecular formula is C17H24O3. The van der Waals surface area contributed by atoms with Crippen LogP contribution in [0.15, 0.2) is 18.2 Å². The monoisotopic (exact) mass is 276 g/mol. The van der Waals surface area contributed by atoms with Crippen LogP contribution in [0, 0.1) is 5.92 Å². The summed E-state index contributed by atoms with van der Waals surface area (Å²) in [5, 5.41) is 0. The molecule has 1 aliphatic rings. The number of hydrogen-bond donors (Lipinski definition) is 0. The number of ether oxygens (including phenoxy) is 2. The summed E-state index contributed by atoms with van der Waals surface area (Å²) in [6.45, 7) is 3.95. The highest BCUT2D eigenvalue weighted by atomic mass is 16.5. The summed E-state index contributed by atoms with van der Waals surface area (Å²) < 4.78 is 11.0. The van der Waals surface area contributed by atoms with E-state index >= 15 is 0 Å². The fourth-order valence-electron chi connectivity index (χ4n) is 2.77. The fourth-order valence-corrected chi connectivity index (χ4v) is 2.77. The molecule has 1 saturated carbocycles. The van der Waals surface area contributed by atoms with Gasteiger partial charge in [-0.3, -0.25) is 4.79 Å². The van der Waals surface area contributed by atoms with Crippen LogP contribution >= 0.6 is 0 Å². The molecule has 0 radical (unpaired) electrons. The number of rotatable bonds is 5. The molecule has 0 aromatic heterocycles. The first-order valence-corrected chi connectivity index (χ1v) is 7.50. The van der Waals surface area contributed by atoms with Gasteiger partial charge in [0.15, 0.2) is 17.3 Å². The Bertz CT molecular complexity index is 459. The maximum atomic E-state index is 12.5. The van der Waals surface area contributed by atoms with Gasteiger partial charge >= 0.3 is 0 Å². The van der Waals surface area contributed by atoms with Gasteiger partial charge in [-0.15, -0.1) is 0 Å². The zero-order valence-electron chi connectivity index (χ0n) is 12.6. The Morgan fingerprint density at radius 2 is 1.85 bits per heavy atom. The summed E-state index contributed by atoms with van der Waals surface area (Å²) in [6.07, 6.45) is 5.72. The summed E-state index contributed by atoms with van der Waals surface area (Å²) in [4.78, 5) is 12.5. The highest BCUT2D eigenvalue weighted by molar-refractivity contribution is 5.98. The van der Waals surface area contributed by atoms with Crippen LogP contribution in [-0.4, -0.2) is 19.0 Å². The first-order valence-electron chi connectivity index (χ1n) is 7.50. The molecule has 0 bridgehead atoms. The minimum atomic E-state index is 0.0868. The smallest absolute Gasteiger partial charge is 0.166 e. The Morgan fingerprint density at radius 3 is 2.45 bits per heavy atom. The topological polar surface area (TPSA) is 35.5 Å². The van der Waals surface area contributed by atoms with Crippen molar-refractivity contribution < 1.29 is 14.3 Å². The number of methoxy groups -OCH3 is 1. The molecule has 0 spiro atoms. The second-order valence-corrected chi connectivity index (χ2v) is 5.73. The molecule has 2 rings (SSSR count). The van der Waals surface area contributed by atoms with Crippen molar-refractivity contribution in [3.63, 3.8) is 0 Å². The molecule has 1 aromatic carbocycles. The van der Waals surface area contributed by atoms with Crippen molar-refractivity contribution in [2.24, 2.45) is 5.92 Å². The Labute approximate surface area is 121 Å². The summed E-state index contributed by atoms with van der Waals surface area (Å²) >= 11 is 0. The third-order valence-corrected chi connectivity index (χ3v) is 3.79. The number of hydrogen-bond acceptors (Lipinski definition) is 3. The Hall–Kier alpha value is -1.51. The van der Waals surface area contributed by atoms with Crippen LogP contribution in [0.3, 0.4) is 0 Å². The number of ketones is 1. The van der Waals surface area contributed by atoms with Crippen molar-refractivity contribution in [1.82, 2.24) is 0 Å². The van der Waals surface area contributed by atoms with Gasteiger partial charge in [-0.1, -0.05) is 19.3 Å². The van der Waals surface area contributed by atoms with Crippen LogP contribution in [0.25, 0.3) is 0 Å². The number of benzene rings is 1. The lowest BCUT2D eigenvalue weighted by Gasteiger charge is -2.21. The van der Waals surface area contributed by atoms with Gasteiger partial charge in [0.05, 0.1) is 13.2 Å². The van der Waals surface area contributed by atoms with Crippen LogP contribution in [-0.2, 0) is 0 Å². The number of carbonyl (C=O) groups excluding carboxylic acids is 1. The zero-order chi connectivity index (χ0) is 14.5. The van der Waals surface area contributed by atoms with Gasteiger partial charge in [-0.25, -0.2) is 0 Å². The van der Waals surface area contributed by atoms with E-state index in [0.717, 1.165) is 18.4 Å². The zero-order valence-corrected chi connectivity index (χ0v) is 12.6. The van der Waals surface area contributed by atoms with Gasteiger partial charge in [0.25, 0.3) is 0 Å². The van der Waals surface area contributed by atoms with E-state index in [-0.39, 0.29) is 17.8 Å². The third-order valence-electron chi connectivity index (χ3n) is 3.79. The predicted octanol–water partition coefficient (Wildman–Crippen LogP) is 4.25. The average molecular weight is 276 g/mol. The largest absolute Gasteiger partial charge is 0.493 e. The van der Waals surface area contributed by atoms with E-state index in [1.807, 2.05) is 32.0 Å². The lowest BCUT2D eigenvalue weighted by atomic mass is 9.84. The highest BCUT2D eigenvalue weighted by Gasteiger charge is 2.23. The van der Waals surface area contributed by atoms with E-state index < -0.39 is 0 Å². The number of carbonyl (C=O) groups is 1. The van der Waals surface area contributed by atoms with E-state index in [2.05, 4.69) is 0 Å². The van der Waals surface area contributed by atoms with Gasteiger partial charge < -0.3 is 9.47 Å². The Morgan fingerprint density at radius 1 is 1.15 bits per heavy atom. The minimum Gasteiger partial charge on any atom is -0.493 e. The minimum absolute atomic E-state index is 0.0868. The van der Waals surface area contributed by atoms with Crippen LogP contribution < -0.4 is 9.47 Å². The maximum absolute atomic E-state index is 12.5. The molecule has 20 heavy (non-hydrogen) atoms. The molecule has 0 N–H and O–H groups in total. The first-order chi connectivity index (χ1) is 9.61. The normalized spacial score (nSPS) is 16.2. The molecule has 0 heterocycles. The summed E-state index contributed by atoms with van der Waals surface area (Å²) in [5.41, 5.74) is 0.741. The molecule has 3 heteroatoms. The van der Waals surface area contributed by atoms with Gasteiger partial charge in [-0.2, -0.15) is 0 Å². The first kappa shape index (κ1) is 14.9. The fraction of sp³-hybridized carbons (Fsp3) is 0.588. The molecule has 1 fully saturated rings. The molecule has 0 aliphatic heterocycles. The SMILES string of the molecule is COc1cc(C(=O)C2CCCCC2)ccc1OC(C)C. The number of Topliss-reactive ketones (excluding diaryl/α,β-unsaturated/α-hetero) is 1. The van der Waals surface area contributed by atoms with Crippen molar-refractivity contribution in [1.29, 1.82) is 0 Å². The lowest BCUT2D eigenvalue weighted by Crippen LogP contribution is -2.18. The standard InChI is InChI=1S/C17H24O3/c1-12(2)20-15-10-9-14(11-16(15)19-3)17(18)13-7-5-4-6-8-13/h9-13H,4-8H2,1-3H3. The van der Waals surface area contributed by atoms with E-state index in [0.29, 0.717) is 11.5 Å². The van der Waals surface area contributed by atoms with Crippen molar-refractivity contribution in [2.45, 2.75) is 52.1 Å². The van der Waals surface area contributed by atoms with E-state index in [9.17, 15) is 4.79 Å². The van der Waals surface area contributed by atoms with Crippen molar-refractivity contribution in [3.8, 4) is 11.5 Å². The van der Waals surface area contributed by atoms with Crippen molar-refractivity contribution >= 4 is 5.78 Å². The van der Waals surface area contributed by atoms with Gasteiger partial charge in [0.2, 0.25) is 0 Å². The quantitative estimate of drug-likeness (QED) is 0.754. The van der Waals surface area contributed by atoms with Gasteiger partial charge in [0.1, 0.15) is 0 Å². The molecular weight excluding hydrogens is 252 g/mol. The lowest BCUT2D eigenvalue weighted by molar-refractivity contribution is 0.0889. The Balaban J connectivity index is 2.17. The van der Waals surface area contributed by atoms with Crippen molar-refractivity contribution in [2.75, 3.05) is 7.11 Å².